The number of hydrogen-bond donors (Lipinski definition) is 2. The molecular weight excluding hydrogens is 584 g/mol. The molecule has 238 valence electrons. The van der Waals surface area contributed by atoms with Gasteiger partial charge in [-0.3, -0.25) is 19.6 Å². The highest BCUT2D eigenvalue weighted by atomic mass is 16.5. The van der Waals surface area contributed by atoms with E-state index in [4.69, 9.17) is 9.47 Å². The molecule has 2 aromatic heterocycles. The van der Waals surface area contributed by atoms with Gasteiger partial charge in [-0.2, -0.15) is 5.10 Å². The van der Waals surface area contributed by atoms with Gasteiger partial charge in [0.25, 0.3) is 5.91 Å². The summed E-state index contributed by atoms with van der Waals surface area (Å²) in [7, 11) is 1.57. The normalized spacial score (nSPS) is 20.6. The van der Waals surface area contributed by atoms with Gasteiger partial charge in [-0.1, -0.05) is 6.08 Å². The lowest BCUT2D eigenvalue weighted by Crippen LogP contribution is -2.52. The number of aromatic nitrogens is 4. The SMILES string of the molecule is CO[C@]1(C(=O)Nc2ccc3[nH]nc(C4=CCOCC4)c3c2)CCN(CC(=O)N2CCN(c3ccc(-c4ncccn4)cc3)CC2)C1. The zero-order valence-corrected chi connectivity index (χ0v) is 25.9. The molecule has 2 aromatic carbocycles. The number of rotatable bonds is 8. The van der Waals surface area contributed by atoms with Crippen LogP contribution in [0.15, 0.2) is 67.0 Å². The highest BCUT2D eigenvalue weighted by Gasteiger charge is 2.45. The van der Waals surface area contributed by atoms with Gasteiger partial charge < -0.3 is 24.6 Å². The van der Waals surface area contributed by atoms with Crippen LogP contribution in [-0.2, 0) is 19.1 Å². The number of likely N-dealkylation sites (tertiary alicyclic amines) is 1. The number of nitrogens with zero attached hydrogens (tertiary/aromatic N) is 6. The predicted octanol–water partition coefficient (Wildman–Crippen LogP) is 3.20. The number of ether oxygens (including phenoxy) is 2. The second-order valence-corrected chi connectivity index (χ2v) is 12.0. The van der Waals surface area contributed by atoms with Gasteiger partial charge in [0, 0.05) is 81.1 Å². The first-order chi connectivity index (χ1) is 22.5. The Labute approximate surface area is 267 Å². The van der Waals surface area contributed by atoms with Crippen LogP contribution >= 0.6 is 0 Å². The molecule has 4 aromatic rings. The van der Waals surface area contributed by atoms with Crippen LogP contribution in [0.1, 0.15) is 18.5 Å². The molecule has 12 heteroatoms. The molecule has 0 bridgehead atoms. The highest BCUT2D eigenvalue weighted by Crippen LogP contribution is 2.31. The number of hydrogen-bond acceptors (Lipinski definition) is 9. The Bertz CT molecular complexity index is 1730. The van der Waals surface area contributed by atoms with Gasteiger partial charge in [0.2, 0.25) is 5.91 Å². The zero-order valence-electron chi connectivity index (χ0n) is 25.9. The molecule has 46 heavy (non-hydrogen) atoms. The number of carbonyl (C=O) groups is 2. The minimum absolute atomic E-state index is 0.0730. The van der Waals surface area contributed by atoms with Crippen LogP contribution < -0.4 is 10.2 Å². The number of anilines is 2. The van der Waals surface area contributed by atoms with E-state index in [1.165, 1.54) is 0 Å². The fourth-order valence-corrected chi connectivity index (χ4v) is 6.54. The zero-order chi connectivity index (χ0) is 31.5. The van der Waals surface area contributed by atoms with Gasteiger partial charge in [-0.15, -0.1) is 0 Å². The fourth-order valence-electron chi connectivity index (χ4n) is 6.54. The maximum atomic E-state index is 13.6. The van der Waals surface area contributed by atoms with Gasteiger partial charge in [0.05, 0.1) is 31.0 Å². The first-order valence-corrected chi connectivity index (χ1v) is 15.8. The van der Waals surface area contributed by atoms with Gasteiger partial charge in [-0.05, 0) is 66.9 Å². The minimum Gasteiger partial charge on any atom is -0.377 e. The third-order valence-corrected chi connectivity index (χ3v) is 9.25. The molecule has 0 radical (unpaired) electrons. The number of benzene rings is 2. The molecule has 12 nitrogen and oxygen atoms in total. The number of methoxy groups -OCH3 is 1. The van der Waals surface area contributed by atoms with E-state index in [0.29, 0.717) is 57.3 Å². The molecule has 7 rings (SSSR count). The number of aromatic amines is 1. The molecule has 3 aliphatic heterocycles. The van der Waals surface area contributed by atoms with Crippen molar-refractivity contribution >= 4 is 39.7 Å². The summed E-state index contributed by atoms with van der Waals surface area (Å²) in [6.07, 6.45) is 6.84. The van der Waals surface area contributed by atoms with Gasteiger partial charge >= 0.3 is 0 Å². The average molecular weight is 623 g/mol. The second kappa shape index (κ2) is 13.0. The molecule has 1 atom stereocenters. The van der Waals surface area contributed by atoms with Crippen LogP contribution in [0.2, 0.25) is 0 Å². The molecule has 0 unspecified atom stereocenters. The fraction of sp³-hybridized carbons (Fsp3) is 0.382. The van der Waals surface area contributed by atoms with E-state index in [0.717, 1.165) is 52.9 Å². The van der Waals surface area contributed by atoms with E-state index in [-0.39, 0.29) is 18.4 Å². The largest absolute Gasteiger partial charge is 0.377 e. The molecular formula is C34H38N8O4. The van der Waals surface area contributed by atoms with Crippen LogP contribution in [-0.4, -0.2) is 114 Å². The Hall–Kier alpha value is -4.65. The highest BCUT2D eigenvalue weighted by molar-refractivity contribution is 6.00. The third kappa shape index (κ3) is 6.11. The van der Waals surface area contributed by atoms with Crippen molar-refractivity contribution < 1.29 is 19.1 Å². The number of piperazine rings is 1. The maximum absolute atomic E-state index is 13.6. The van der Waals surface area contributed by atoms with Crippen LogP contribution in [0, 0.1) is 0 Å². The quantitative estimate of drug-likeness (QED) is 0.304. The second-order valence-electron chi connectivity index (χ2n) is 12.0. The molecule has 2 saturated heterocycles. The summed E-state index contributed by atoms with van der Waals surface area (Å²) in [6.45, 7) is 5.26. The monoisotopic (exact) mass is 622 g/mol. The molecule has 2 fully saturated rings. The summed E-state index contributed by atoms with van der Waals surface area (Å²) in [5, 5.41) is 11.6. The first kappa shape index (κ1) is 30.0. The molecule has 0 spiro atoms. The Morgan fingerprint density at radius 1 is 1.04 bits per heavy atom. The molecule has 2 amide bonds. The minimum atomic E-state index is -1.03. The van der Waals surface area contributed by atoms with Crippen molar-refractivity contribution in [2.45, 2.75) is 18.4 Å². The summed E-state index contributed by atoms with van der Waals surface area (Å²) in [5.74, 6) is 0.567. The lowest BCUT2D eigenvalue weighted by Gasteiger charge is -2.37. The van der Waals surface area contributed by atoms with Gasteiger partial charge in [0.1, 0.15) is 0 Å². The van der Waals surface area contributed by atoms with E-state index in [9.17, 15) is 9.59 Å². The number of fused-ring (bicyclic) bond motifs is 1. The maximum Gasteiger partial charge on any atom is 0.258 e. The van der Waals surface area contributed by atoms with Crippen molar-refractivity contribution in [1.82, 2.24) is 30.0 Å². The number of amides is 2. The molecule has 0 aliphatic carbocycles. The average Bonchev–Trinajstić information content (AvgIpc) is 3.74. The van der Waals surface area contributed by atoms with Crippen molar-refractivity contribution in [2.75, 3.05) is 76.4 Å². The lowest BCUT2D eigenvalue weighted by atomic mass is 10.0. The van der Waals surface area contributed by atoms with Crippen LogP contribution in [0.4, 0.5) is 11.4 Å². The Balaban J connectivity index is 0.931. The van der Waals surface area contributed by atoms with Crippen LogP contribution in [0.3, 0.4) is 0 Å². The molecule has 0 saturated carbocycles. The summed E-state index contributed by atoms with van der Waals surface area (Å²) < 4.78 is 11.3. The third-order valence-electron chi connectivity index (χ3n) is 9.25. The molecule has 2 N–H and O–H groups in total. The van der Waals surface area contributed by atoms with Crippen molar-refractivity contribution in [3.8, 4) is 11.4 Å². The van der Waals surface area contributed by atoms with Gasteiger partial charge in [0.15, 0.2) is 11.4 Å². The van der Waals surface area contributed by atoms with Crippen LogP contribution in [0.25, 0.3) is 27.9 Å². The predicted molar refractivity (Wildman–Crippen MR) is 175 cm³/mol. The number of nitrogens with one attached hydrogen (secondary N) is 2. The van der Waals surface area contributed by atoms with E-state index in [2.05, 4.69) is 48.6 Å². The van der Waals surface area contributed by atoms with E-state index >= 15 is 0 Å². The van der Waals surface area contributed by atoms with Crippen molar-refractivity contribution in [1.29, 1.82) is 0 Å². The summed E-state index contributed by atoms with van der Waals surface area (Å²) in [4.78, 5) is 41.8. The van der Waals surface area contributed by atoms with E-state index in [1.54, 1.807) is 25.6 Å². The number of H-pyrrole nitrogens is 1. The first-order valence-electron chi connectivity index (χ1n) is 15.8. The van der Waals surface area contributed by atoms with Gasteiger partial charge in [-0.25, -0.2) is 9.97 Å². The standard InChI is InChI=1S/C34H38N8O4/c1-45-34(33(44)37-26-5-8-29-28(21-26)31(39-38-29)24-9-19-46-20-10-24)11-14-40(23-34)22-30(43)42-17-15-41(16-18-42)27-6-3-25(4-7-27)32-35-12-2-13-36-32/h2-9,12-13,21H,10-11,14-20,22-23H2,1H3,(H,37,44)(H,38,39)/t34-/m1/s1. The smallest absolute Gasteiger partial charge is 0.258 e. The van der Waals surface area contributed by atoms with Crippen molar-refractivity contribution in [2.24, 2.45) is 0 Å². The molecule has 5 heterocycles. The lowest BCUT2D eigenvalue weighted by molar-refractivity contribution is -0.138. The Morgan fingerprint density at radius 3 is 2.59 bits per heavy atom. The summed E-state index contributed by atoms with van der Waals surface area (Å²) in [6, 6.07) is 15.8. The van der Waals surface area contributed by atoms with Crippen LogP contribution in [0.5, 0.6) is 0 Å². The molecule has 3 aliphatic rings. The van der Waals surface area contributed by atoms with E-state index < -0.39 is 5.60 Å². The Kier molecular flexibility index (Phi) is 8.48. The van der Waals surface area contributed by atoms with Crippen molar-refractivity contribution in [3.63, 3.8) is 0 Å². The number of carbonyl (C=O) groups excluding carboxylic acids is 2. The van der Waals surface area contributed by atoms with E-state index in [1.807, 2.05) is 40.1 Å². The summed E-state index contributed by atoms with van der Waals surface area (Å²) in [5.41, 5.74) is 4.67. The van der Waals surface area contributed by atoms with Crippen molar-refractivity contribution in [3.05, 3.63) is 72.7 Å². The Morgan fingerprint density at radius 2 is 1.85 bits per heavy atom. The topological polar surface area (TPSA) is 129 Å². The summed E-state index contributed by atoms with van der Waals surface area (Å²) >= 11 is 0.